The van der Waals surface area contributed by atoms with E-state index in [9.17, 15) is 0 Å². The summed E-state index contributed by atoms with van der Waals surface area (Å²) in [6.07, 6.45) is 2.86. The van der Waals surface area contributed by atoms with Crippen LogP contribution in [0.4, 0.5) is 0 Å². The Kier molecular flexibility index (Phi) is 2.15. The topological polar surface area (TPSA) is 6.48 Å². The molecule has 3 heteroatoms. The molecule has 0 bridgehead atoms. The Morgan fingerprint density at radius 3 is 3.00 bits per heavy atom. The quantitative estimate of drug-likeness (QED) is 0.471. The fraction of sp³-hybridized carbons (Fsp3) is 1.00. The molecule has 0 aromatic carbocycles. The first-order valence-electron chi connectivity index (χ1n) is 4.01. The minimum absolute atomic E-state index is 0.894. The largest absolute Gasteiger partial charge is 0.298 e. The summed E-state index contributed by atoms with van der Waals surface area (Å²) in [7, 11) is 0. The lowest BCUT2D eigenvalue weighted by atomic mass is 10.2. The second-order valence-corrected chi connectivity index (χ2v) is 4.57. The smallest absolute Gasteiger partial charge is 0.0238 e. The lowest BCUT2D eigenvalue weighted by molar-refractivity contribution is 0.175. The summed E-state index contributed by atoms with van der Waals surface area (Å²) in [6, 6.07) is 0.894. The maximum absolute atomic E-state index is 2.63. The maximum atomic E-state index is 2.63. The van der Waals surface area contributed by atoms with E-state index in [1.54, 1.807) is 0 Å². The minimum atomic E-state index is 0.894. The van der Waals surface area contributed by atoms with Gasteiger partial charge in [0.15, 0.2) is 0 Å². The highest BCUT2D eigenvalue weighted by molar-refractivity contribution is 14.1. The lowest BCUT2D eigenvalue weighted by Gasteiger charge is -2.33. The SMILES string of the molecule is IN1CCN2CCC[C@@H]2C1. The molecule has 0 aromatic heterocycles. The van der Waals surface area contributed by atoms with Crippen LogP contribution in [0.2, 0.25) is 0 Å². The van der Waals surface area contributed by atoms with Gasteiger partial charge in [-0.05, 0) is 19.4 Å². The first-order chi connectivity index (χ1) is 4.86. The summed E-state index contributed by atoms with van der Waals surface area (Å²) in [5, 5.41) is 0. The van der Waals surface area contributed by atoms with Crippen molar-refractivity contribution in [2.75, 3.05) is 26.2 Å². The van der Waals surface area contributed by atoms with E-state index in [1.807, 2.05) is 0 Å². The third kappa shape index (κ3) is 1.31. The highest BCUT2D eigenvalue weighted by atomic mass is 127. The van der Waals surface area contributed by atoms with Gasteiger partial charge in [-0.15, -0.1) is 0 Å². The summed E-state index contributed by atoms with van der Waals surface area (Å²) < 4.78 is 2.42. The fourth-order valence-electron chi connectivity index (χ4n) is 1.95. The molecule has 58 valence electrons. The molecule has 10 heavy (non-hydrogen) atoms. The predicted molar refractivity (Wildman–Crippen MR) is 50.2 cm³/mol. The van der Waals surface area contributed by atoms with E-state index in [0.29, 0.717) is 0 Å². The van der Waals surface area contributed by atoms with Gasteiger partial charge in [-0.25, -0.2) is 3.11 Å². The maximum Gasteiger partial charge on any atom is 0.0238 e. The van der Waals surface area contributed by atoms with Crippen molar-refractivity contribution in [1.82, 2.24) is 8.01 Å². The minimum Gasteiger partial charge on any atom is -0.298 e. The molecule has 2 aliphatic rings. The van der Waals surface area contributed by atoms with Crippen molar-refractivity contribution < 1.29 is 0 Å². The molecule has 0 saturated carbocycles. The molecule has 1 atom stereocenters. The van der Waals surface area contributed by atoms with Gasteiger partial charge < -0.3 is 0 Å². The second kappa shape index (κ2) is 2.95. The molecule has 0 unspecified atom stereocenters. The number of halogens is 1. The van der Waals surface area contributed by atoms with Crippen LogP contribution in [0, 0.1) is 0 Å². The van der Waals surface area contributed by atoms with E-state index in [-0.39, 0.29) is 0 Å². The van der Waals surface area contributed by atoms with Crippen molar-refractivity contribution in [3.63, 3.8) is 0 Å². The summed E-state index contributed by atoms with van der Waals surface area (Å²) in [5.41, 5.74) is 0. The first-order valence-corrected chi connectivity index (χ1v) is 4.97. The first kappa shape index (κ1) is 7.31. The molecule has 0 aromatic rings. The number of hydrogen-bond acceptors (Lipinski definition) is 2. The Bertz CT molecular complexity index is 129. The van der Waals surface area contributed by atoms with Crippen LogP contribution >= 0.6 is 22.9 Å². The van der Waals surface area contributed by atoms with Crippen molar-refractivity contribution >= 4 is 22.9 Å². The van der Waals surface area contributed by atoms with Crippen LogP contribution in [0.5, 0.6) is 0 Å². The van der Waals surface area contributed by atoms with Crippen LogP contribution in [0.1, 0.15) is 12.8 Å². The molecular weight excluding hydrogens is 239 g/mol. The van der Waals surface area contributed by atoms with E-state index >= 15 is 0 Å². The predicted octanol–water partition coefficient (Wildman–Crippen LogP) is 1.12. The van der Waals surface area contributed by atoms with Gasteiger partial charge in [0.1, 0.15) is 0 Å². The van der Waals surface area contributed by atoms with Crippen molar-refractivity contribution in [2.24, 2.45) is 0 Å². The highest BCUT2D eigenvalue weighted by Crippen LogP contribution is 2.22. The van der Waals surface area contributed by atoms with E-state index in [2.05, 4.69) is 30.9 Å². The lowest BCUT2D eigenvalue weighted by Crippen LogP contribution is -2.46. The molecule has 2 aliphatic heterocycles. The summed E-state index contributed by atoms with van der Waals surface area (Å²) in [6.45, 7) is 5.21. The highest BCUT2D eigenvalue weighted by Gasteiger charge is 2.29. The van der Waals surface area contributed by atoms with E-state index in [1.165, 1.54) is 39.0 Å². The molecule has 2 nitrogen and oxygen atoms in total. The Hall–Kier alpha value is 0.650. The van der Waals surface area contributed by atoms with Gasteiger partial charge >= 0.3 is 0 Å². The Labute approximate surface area is 76.1 Å². The van der Waals surface area contributed by atoms with Gasteiger partial charge in [-0.2, -0.15) is 0 Å². The summed E-state index contributed by atoms with van der Waals surface area (Å²) in [4.78, 5) is 2.63. The van der Waals surface area contributed by atoms with Crippen LogP contribution < -0.4 is 0 Å². The van der Waals surface area contributed by atoms with Gasteiger partial charge in [0.2, 0.25) is 0 Å². The Morgan fingerprint density at radius 2 is 2.10 bits per heavy atom. The van der Waals surface area contributed by atoms with E-state index in [4.69, 9.17) is 0 Å². The molecule has 0 amide bonds. The molecule has 2 rings (SSSR count). The van der Waals surface area contributed by atoms with E-state index in [0.717, 1.165) is 6.04 Å². The number of fused-ring (bicyclic) bond motifs is 1. The van der Waals surface area contributed by atoms with Crippen LogP contribution in [0.25, 0.3) is 0 Å². The van der Waals surface area contributed by atoms with Crippen molar-refractivity contribution in [2.45, 2.75) is 18.9 Å². The normalized spacial score (nSPS) is 36.3. The molecule has 0 aliphatic carbocycles. The van der Waals surface area contributed by atoms with Crippen molar-refractivity contribution in [1.29, 1.82) is 0 Å². The number of rotatable bonds is 0. The van der Waals surface area contributed by atoms with Crippen LogP contribution in [0.3, 0.4) is 0 Å². The second-order valence-electron chi connectivity index (χ2n) is 3.20. The monoisotopic (exact) mass is 252 g/mol. The average molecular weight is 252 g/mol. The third-order valence-electron chi connectivity index (χ3n) is 2.54. The van der Waals surface area contributed by atoms with Crippen molar-refractivity contribution in [3.05, 3.63) is 0 Å². The van der Waals surface area contributed by atoms with Gasteiger partial charge in [0.05, 0.1) is 0 Å². The third-order valence-corrected chi connectivity index (χ3v) is 3.41. The standard InChI is InChI=1S/C7H13IN2/c8-10-5-4-9-3-1-2-7(9)6-10/h7H,1-6H2/t7-/m1/s1. The Balaban J connectivity index is 1.96. The number of hydrogen-bond donors (Lipinski definition) is 0. The zero-order valence-corrected chi connectivity index (χ0v) is 8.25. The van der Waals surface area contributed by atoms with Gasteiger partial charge in [0, 0.05) is 48.5 Å². The molecule has 0 spiro atoms. The van der Waals surface area contributed by atoms with Gasteiger partial charge in [-0.3, -0.25) is 4.90 Å². The molecule has 2 fully saturated rings. The molecule has 0 N–H and O–H groups in total. The molecule has 2 saturated heterocycles. The number of piperazine rings is 1. The van der Waals surface area contributed by atoms with Crippen LogP contribution in [-0.4, -0.2) is 40.2 Å². The summed E-state index contributed by atoms with van der Waals surface area (Å²) in [5.74, 6) is 0. The fourth-order valence-corrected chi connectivity index (χ4v) is 2.62. The van der Waals surface area contributed by atoms with Gasteiger partial charge in [-0.1, -0.05) is 0 Å². The Morgan fingerprint density at radius 1 is 1.20 bits per heavy atom. The molecule has 0 radical (unpaired) electrons. The average Bonchev–Trinajstić information content (AvgIpc) is 2.33. The zero-order valence-electron chi connectivity index (χ0n) is 6.09. The van der Waals surface area contributed by atoms with Crippen LogP contribution in [-0.2, 0) is 0 Å². The number of nitrogens with zero attached hydrogens (tertiary/aromatic N) is 2. The zero-order chi connectivity index (χ0) is 6.97. The van der Waals surface area contributed by atoms with Crippen molar-refractivity contribution in [3.8, 4) is 0 Å². The molecule has 2 heterocycles. The molecular formula is C7H13IN2. The van der Waals surface area contributed by atoms with E-state index < -0.39 is 0 Å². The van der Waals surface area contributed by atoms with Crippen LogP contribution in [0.15, 0.2) is 0 Å². The van der Waals surface area contributed by atoms with Gasteiger partial charge in [0.25, 0.3) is 0 Å². The summed E-state index contributed by atoms with van der Waals surface area (Å²) >= 11 is 2.44.